The Hall–Kier alpha value is -0.200. The SMILES string of the molecule is [O-][N+]1=PCCC=C1. The van der Waals surface area contributed by atoms with Gasteiger partial charge in [0.25, 0.3) is 0 Å². The highest BCUT2D eigenvalue weighted by Crippen LogP contribution is 2.07. The summed E-state index contributed by atoms with van der Waals surface area (Å²) < 4.78 is 0.934. The van der Waals surface area contributed by atoms with E-state index in [-0.39, 0.29) is 0 Å². The summed E-state index contributed by atoms with van der Waals surface area (Å²) in [5, 5.41) is 10.3. The van der Waals surface area contributed by atoms with Crippen molar-refractivity contribution in [3.8, 4) is 0 Å². The first-order valence-electron chi connectivity index (χ1n) is 2.20. The van der Waals surface area contributed by atoms with Gasteiger partial charge in [-0.3, -0.25) is 0 Å². The van der Waals surface area contributed by atoms with Crippen LogP contribution in [-0.2, 0) is 0 Å². The molecule has 1 aliphatic heterocycles. The largest absolute Gasteiger partial charge is 0.547 e. The number of rotatable bonds is 0. The highest BCUT2D eigenvalue weighted by atomic mass is 31.1. The van der Waals surface area contributed by atoms with Gasteiger partial charge in [0.2, 0.25) is 8.37 Å². The van der Waals surface area contributed by atoms with Gasteiger partial charge in [-0.05, 0) is 12.5 Å². The van der Waals surface area contributed by atoms with Crippen LogP contribution in [0.1, 0.15) is 6.42 Å². The topological polar surface area (TPSA) is 26.1 Å². The van der Waals surface area contributed by atoms with E-state index in [1.54, 1.807) is 6.20 Å². The zero-order chi connectivity index (χ0) is 5.11. The molecule has 2 nitrogen and oxygen atoms in total. The van der Waals surface area contributed by atoms with Crippen molar-refractivity contribution in [1.82, 2.24) is 0 Å². The molecular weight excluding hydrogens is 109 g/mol. The van der Waals surface area contributed by atoms with Crippen molar-refractivity contribution in [3.05, 3.63) is 17.5 Å². The molecule has 0 saturated carbocycles. The van der Waals surface area contributed by atoms with E-state index in [4.69, 9.17) is 0 Å². The Balaban J connectivity index is 2.58. The van der Waals surface area contributed by atoms with Crippen LogP contribution in [0.4, 0.5) is 0 Å². The van der Waals surface area contributed by atoms with E-state index in [0.717, 1.165) is 25.4 Å². The number of nitrogens with zero attached hydrogens (tertiary/aromatic N) is 1. The summed E-state index contributed by atoms with van der Waals surface area (Å²) in [6.07, 6.45) is 5.51. The van der Waals surface area contributed by atoms with Crippen molar-refractivity contribution in [3.63, 3.8) is 0 Å². The molecule has 0 N–H and O–H groups in total. The molecule has 7 heavy (non-hydrogen) atoms. The first-order valence-corrected chi connectivity index (χ1v) is 3.23. The average Bonchev–Trinajstić information content (AvgIpc) is 1.69. The molecular formula is C4H6NOP. The molecule has 0 spiro atoms. The Bertz CT molecular complexity index is 119. The summed E-state index contributed by atoms with van der Waals surface area (Å²) >= 11 is 0. The molecule has 0 radical (unpaired) electrons. The molecule has 1 rings (SSSR count). The number of hydrogen-bond acceptors (Lipinski definition) is 1. The molecule has 0 fully saturated rings. The molecule has 0 aromatic heterocycles. The minimum Gasteiger partial charge on any atom is -0.547 e. The third kappa shape index (κ3) is 1.38. The maximum absolute atomic E-state index is 10.3. The van der Waals surface area contributed by atoms with Crippen molar-refractivity contribution < 1.29 is 4.49 Å². The molecule has 0 amide bonds. The second kappa shape index (κ2) is 2.20. The zero-order valence-corrected chi connectivity index (χ0v) is 4.77. The van der Waals surface area contributed by atoms with Crippen molar-refractivity contribution >= 4 is 8.37 Å². The Labute approximate surface area is 43.9 Å². The first-order chi connectivity index (χ1) is 3.39. The second-order valence-electron chi connectivity index (χ2n) is 1.34. The molecule has 3 heteroatoms. The quantitative estimate of drug-likeness (QED) is 0.347. The van der Waals surface area contributed by atoms with E-state index in [1.807, 2.05) is 6.08 Å². The molecule has 0 saturated heterocycles. The molecule has 0 aliphatic carbocycles. The molecule has 0 atom stereocenters. The van der Waals surface area contributed by atoms with Gasteiger partial charge in [0.1, 0.15) is 0 Å². The van der Waals surface area contributed by atoms with E-state index in [0.29, 0.717) is 0 Å². The highest BCUT2D eigenvalue weighted by Gasteiger charge is 1.92. The molecule has 0 aromatic carbocycles. The molecule has 0 bridgehead atoms. The summed E-state index contributed by atoms with van der Waals surface area (Å²) in [5.74, 6) is 0. The minimum atomic E-state index is 0.888. The van der Waals surface area contributed by atoms with Crippen LogP contribution < -0.4 is 0 Å². The maximum Gasteiger partial charge on any atom is 0.216 e. The summed E-state index contributed by atoms with van der Waals surface area (Å²) in [6.45, 7) is 0. The van der Waals surface area contributed by atoms with E-state index in [9.17, 15) is 5.21 Å². The third-order valence-electron chi connectivity index (χ3n) is 0.768. The van der Waals surface area contributed by atoms with Crippen LogP contribution in [0.2, 0.25) is 0 Å². The van der Waals surface area contributed by atoms with Gasteiger partial charge in [-0.1, -0.05) is 0 Å². The second-order valence-corrected chi connectivity index (χ2v) is 2.47. The van der Waals surface area contributed by atoms with Crippen LogP contribution in [0.15, 0.2) is 12.3 Å². The van der Waals surface area contributed by atoms with Crippen molar-refractivity contribution in [2.45, 2.75) is 6.42 Å². The van der Waals surface area contributed by atoms with Gasteiger partial charge >= 0.3 is 0 Å². The summed E-state index contributed by atoms with van der Waals surface area (Å²) in [7, 11) is 0.888. The van der Waals surface area contributed by atoms with Crippen LogP contribution >= 0.6 is 8.37 Å². The Kier molecular flexibility index (Phi) is 1.55. The average molecular weight is 115 g/mol. The predicted molar refractivity (Wildman–Crippen MR) is 29.2 cm³/mol. The molecule has 0 unspecified atom stereocenters. The van der Waals surface area contributed by atoms with Crippen LogP contribution in [0.5, 0.6) is 0 Å². The maximum atomic E-state index is 10.3. The first kappa shape index (κ1) is 4.95. The van der Waals surface area contributed by atoms with Gasteiger partial charge in [-0.15, -0.1) is 0 Å². The van der Waals surface area contributed by atoms with Gasteiger partial charge in [0, 0.05) is 0 Å². The predicted octanol–water partition coefficient (Wildman–Crippen LogP) is 1.54. The monoisotopic (exact) mass is 115 g/mol. The molecule has 38 valence electrons. The number of hydrogen-bond donors (Lipinski definition) is 0. The lowest BCUT2D eigenvalue weighted by Gasteiger charge is -1.96. The number of hydroxylamine groups is 1. The zero-order valence-electron chi connectivity index (χ0n) is 3.87. The highest BCUT2D eigenvalue weighted by molar-refractivity contribution is 7.23. The van der Waals surface area contributed by atoms with Crippen LogP contribution in [-0.4, -0.2) is 10.7 Å². The van der Waals surface area contributed by atoms with Crippen LogP contribution in [0.3, 0.4) is 0 Å². The van der Waals surface area contributed by atoms with Crippen molar-refractivity contribution in [2.24, 2.45) is 0 Å². The summed E-state index contributed by atoms with van der Waals surface area (Å²) in [5.41, 5.74) is 0. The molecule has 1 aliphatic rings. The van der Waals surface area contributed by atoms with Gasteiger partial charge in [-0.2, -0.15) is 0 Å². The normalized spacial score (nSPS) is 21.6. The fourth-order valence-corrected chi connectivity index (χ4v) is 1.09. The van der Waals surface area contributed by atoms with E-state index >= 15 is 0 Å². The fraction of sp³-hybridized carbons (Fsp3) is 0.500. The van der Waals surface area contributed by atoms with Crippen LogP contribution in [0.25, 0.3) is 0 Å². The standard InChI is InChI=1S/C4H6NOP/c6-5-3-1-2-4-7-5/h1,3H,2,4H2. The lowest BCUT2D eigenvalue weighted by molar-refractivity contribution is -0.351. The smallest absolute Gasteiger partial charge is 0.216 e. The summed E-state index contributed by atoms with van der Waals surface area (Å²) in [6, 6.07) is 0. The van der Waals surface area contributed by atoms with Crippen molar-refractivity contribution in [1.29, 1.82) is 0 Å². The lowest BCUT2D eigenvalue weighted by Crippen LogP contribution is -1.88. The fourth-order valence-electron chi connectivity index (χ4n) is 0.443. The van der Waals surface area contributed by atoms with Gasteiger partial charge in [0.05, 0.1) is 6.16 Å². The van der Waals surface area contributed by atoms with Crippen molar-refractivity contribution in [2.75, 3.05) is 6.16 Å². The Morgan fingerprint density at radius 1 is 1.71 bits per heavy atom. The third-order valence-corrected chi connectivity index (χ3v) is 1.64. The van der Waals surface area contributed by atoms with Gasteiger partial charge in [0.15, 0.2) is 6.20 Å². The lowest BCUT2D eigenvalue weighted by atomic mass is 10.5. The molecule has 0 aromatic rings. The van der Waals surface area contributed by atoms with Crippen LogP contribution in [0, 0.1) is 5.21 Å². The Morgan fingerprint density at radius 2 is 2.57 bits per heavy atom. The minimum absolute atomic E-state index is 0.888. The molecule has 1 heterocycles. The Morgan fingerprint density at radius 3 is 2.86 bits per heavy atom. The summed E-state index contributed by atoms with van der Waals surface area (Å²) in [4.78, 5) is 0. The van der Waals surface area contributed by atoms with E-state index in [2.05, 4.69) is 0 Å². The van der Waals surface area contributed by atoms with Gasteiger partial charge < -0.3 is 5.21 Å². The van der Waals surface area contributed by atoms with E-state index < -0.39 is 0 Å². The van der Waals surface area contributed by atoms with E-state index in [1.165, 1.54) is 0 Å². The van der Waals surface area contributed by atoms with Gasteiger partial charge in [-0.25, -0.2) is 4.49 Å². The number of allylic oxidation sites excluding steroid dienone is 1.